The van der Waals surface area contributed by atoms with Crippen LogP contribution >= 0.6 is 24.8 Å². The van der Waals surface area contributed by atoms with E-state index in [9.17, 15) is 4.79 Å². The van der Waals surface area contributed by atoms with E-state index in [2.05, 4.69) is 29.1 Å². The van der Waals surface area contributed by atoms with Crippen molar-refractivity contribution in [2.75, 3.05) is 20.6 Å². The van der Waals surface area contributed by atoms with Gasteiger partial charge < -0.3 is 15.1 Å². The molecule has 3 fully saturated rings. The lowest BCUT2D eigenvalue weighted by molar-refractivity contribution is -0.135. The fraction of sp³-hybridized carbons (Fsp3) is 0.941. The van der Waals surface area contributed by atoms with Gasteiger partial charge in [-0.15, -0.1) is 24.8 Å². The van der Waals surface area contributed by atoms with Crippen molar-refractivity contribution in [3.05, 3.63) is 0 Å². The van der Waals surface area contributed by atoms with Crippen molar-refractivity contribution in [2.45, 2.75) is 76.0 Å². The summed E-state index contributed by atoms with van der Waals surface area (Å²) in [7, 11) is 4.21. The quantitative estimate of drug-likeness (QED) is 0.816. The highest BCUT2D eigenvalue weighted by atomic mass is 35.5. The second kappa shape index (κ2) is 8.89. The third-order valence-corrected chi connectivity index (χ3v) is 6.24. The molecule has 5 unspecified atom stereocenters. The fourth-order valence-electron chi connectivity index (χ4n) is 4.55. The maximum absolute atomic E-state index is 12.8. The zero-order chi connectivity index (χ0) is 15.0. The molecule has 2 saturated heterocycles. The monoisotopic (exact) mass is 365 g/mol. The minimum absolute atomic E-state index is 0. The molecule has 23 heavy (non-hydrogen) atoms. The Morgan fingerprint density at radius 3 is 2.48 bits per heavy atom. The lowest BCUT2D eigenvalue weighted by Gasteiger charge is -2.40. The molecule has 1 N–H and O–H groups in total. The van der Waals surface area contributed by atoms with Gasteiger partial charge in [-0.25, -0.2) is 0 Å². The number of nitrogens with zero attached hydrogens (tertiary/aromatic N) is 2. The Balaban J connectivity index is 0.00000132. The molecule has 0 bridgehead atoms. The lowest BCUT2D eigenvalue weighted by Crippen LogP contribution is -2.52. The van der Waals surface area contributed by atoms with Gasteiger partial charge in [-0.3, -0.25) is 4.79 Å². The number of hydrogen-bond donors (Lipinski definition) is 1. The zero-order valence-electron chi connectivity index (χ0n) is 14.7. The number of carbonyl (C=O) groups excluding carboxylic acids is 1. The summed E-state index contributed by atoms with van der Waals surface area (Å²) in [5.41, 5.74) is 0. The van der Waals surface area contributed by atoms with Crippen molar-refractivity contribution >= 4 is 30.7 Å². The van der Waals surface area contributed by atoms with Gasteiger partial charge in [0.2, 0.25) is 5.91 Å². The molecule has 5 atom stereocenters. The first-order chi connectivity index (χ1) is 10.1. The number of carbonyl (C=O) groups is 1. The van der Waals surface area contributed by atoms with E-state index in [1.165, 1.54) is 25.7 Å². The van der Waals surface area contributed by atoms with E-state index in [-0.39, 0.29) is 30.9 Å². The first kappa shape index (κ1) is 21.0. The van der Waals surface area contributed by atoms with Crippen molar-refractivity contribution in [1.29, 1.82) is 0 Å². The first-order valence-corrected chi connectivity index (χ1v) is 8.79. The van der Waals surface area contributed by atoms with Gasteiger partial charge >= 0.3 is 0 Å². The summed E-state index contributed by atoms with van der Waals surface area (Å²) in [5.74, 6) is 1.09. The number of hydrogen-bond acceptors (Lipinski definition) is 3. The molecule has 4 nitrogen and oxygen atoms in total. The molecule has 3 aliphatic rings. The minimum Gasteiger partial charge on any atom is -0.341 e. The Labute approximate surface area is 153 Å². The molecule has 1 amide bonds. The Morgan fingerprint density at radius 2 is 1.83 bits per heavy atom. The Hall–Kier alpha value is -0.0300. The van der Waals surface area contributed by atoms with Crippen LogP contribution in [0.15, 0.2) is 0 Å². The van der Waals surface area contributed by atoms with Crippen LogP contribution in [0.4, 0.5) is 0 Å². The van der Waals surface area contributed by atoms with E-state index in [0.717, 1.165) is 31.7 Å². The van der Waals surface area contributed by atoms with Crippen molar-refractivity contribution in [3.63, 3.8) is 0 Å². The van der Waals surface area contributed by atoms with E-state index >= 15 is 0 Å². The van der Waals surface area contributed by atoms with E-state index in [1.807, 2.05) is 7.05 Å². The van der Waals surface area contributed by atoms with Gasteiger partial charge in [0.25, 0.3) is 0 Å². The molecule has 0 aromatic carbocycles. The van der Waals surface area contributed by atoms with Crippen LogP contribution in [0.1, 0.15) is 51.9 Å². The molecule has 136 valence electrons. The number of rotatable bonds is 2. The number of fused-ring (bicyclic) bond motifs is 1. The third-order valence-electron chi connectivity index (χ3n) is 6.24. The second-order valence-corrected chi connectivity index (χ2v) is 7.56. The van der Waals surface area contributed by atoms with Crippen LogP contribution in [0.25, 0.3) is 0 Å². The highest BCUT2D eigenvalue weighted by molar-refractivity contribution is 5.85. The van der Waals surface area contributed by atoms with Crippen LogP contribution < -0.4 is 5.32 Å². The molecule has 0 aromatic heterocycles. The smallest absolute Gasteiger partial charge is 0.239 e. The SMILES string of the molecule is CC1CC(N(C)C(=O)C2CC3CCCCC3N2)CCN1C.Cl.Cl. The molecule has 0 radical (unpaired) electrons. The van der Waals surface area contributed by atoms with Crippen LogP contribution in [-0.4, -0.2) is 60.5 Å². The maximum atomic E-state index is 12.8. The zero-order valence-corrected chi connectivity index (χ0v) is 16.3. The van der Waals surface area contributed by atoms with Crippen molar-refractivity contribution in [2.24, 2.45) is 5.92 Å². The van der Waals surface area contributed by atoms with Gasteiger partial charge in [0.15, 0.2) is 0 Å². The Kier molecular flexibility index (Phi) is 8.12. The number of likely N-dealkylation sites (tertiary alicyclic amines) is 1. The fourth-order valence-corrected chi connectivity index (χ4v) is 4.55. The van der Waals surface area contributed by atoms with Crippen LogP contribution in [-0.2, 0) is 4.79 Å². The Morgan fingerprint density at radius 1 is 1.13 bits per heavy atom. The highest BCUT2D eigenvalue weighted by Gasteiger charge is 2.40. The van der Waals surface area contributed by atoms with Gasteiger partial charge in [0.1, 0.15) is 0 Å². The molecule has 2 heterocycles. The van der Waals surface area contributed by atoms with E-state index in [0.29, 0.717) is 24.0 Å². The van der Waals surface area contributed by atoms with Gasteiger partial charge in [-0.05, 0) is 52.0 Å². The molecule has 6 heteroatoms. The number of nitrogens with one attached hydrogen (secondary N) is 1. The lowest BCUT2D eigenvalue weighted by atomic mass is 9.85. The van der Waals surface area contributed by atoms with Crippen molar-refractivity contribution in [3.8, 4) is 0 Å². The number of amides is 1. The van der Waals surface area contributed by atoms with Crippen LogP contribution in [0.5, 0.6) is 0 Å². The maximum Gasteiger partial charge on any atom is 0.239 e. The van der Waals surface area contributed by atoms with E-state index < -0.39 is 0 Å². The second-order valence-electron chi connectivity index (χ2n) is 7.56. The molecular weight excluding hydrogens is 333 g/mol. The van der Waals surface area contributed by atoms with Crippen LogP contribution in [0.3, 0.4) is 0 Å². The molecule has 0 spiro atoms. The summed E-state index contributed by atoms with van der Waals surface area (Å²) in [6.45, 7) is 3.37. The topological polar surface area (TPSA) is 35.6 Å². The van der Waals surface area contributed by atoms with Gasteiger partial charge in [-0.2, -0.15) is 0 Å². The first-order valence-electron chi connectivity index (χ1n) is 8.79. The molecule has 2 aliphatic heterocycles. The summed E-state index contributed by atoms with van der Waals surface area (Å²) >= 11 is 0. The predicted octanol–water partition coefficient (Wildman–Crippen LogP) is 2.69. The van der Waals surface area contributed by atoms with Crippen molar-refractivity contribution in [1.82, 2.24) is 15.1 Å². The van der Waals surface area contributed by atoms with Gasteiger partial charge in [0.05, 0.1) is 6.04 Å². The van der Waals surface area contributed by atoms with Crippen LogP contribution in [0.2, 0.25) is 0 Å². The average molecular weight is 366 g/mol. The number of likely N-dealkylation sites (N-methyl/N-ethyl adjacent to an activating group) is 1. The number of halogens is 2. The standard InChI is InChI=1S/C17H31N3O.2ClH/c1-12-10-14(8-9-19(12)2)20(3)17(21)16-11-13-6-4-5-7-15(13)18-16;;/h12-16,18H,4-11H2,1-3H3;2*1H. The van der Waals surface area contributed by atoms with E-state index in [4.69, 9.17) is 0 Å². The summed E-state index contributed by atoms with van der Waals surface area (Å²) in [4.78, 5) is 17.3. The normalized spacial score (nSPS) is 37.3. The third kappa shape index (κ3) is 4.53. The summed E-state index contributed by atoms with van der Waals surface area (Å²) in [6.07, 6.45) is 8.56. The molecule has 1 aliphatic carbocycles. The van der Waals surface area contributed by atoms with E-state index in [1.54, 1.807) is 0 Å². The van der Waals surface area contributed by atoms with Crippen LogP contribution in [0, 0.1) is 5.92 Å². The predicted molar refractivity (Wildman–Crippen MR) is 99.7 cm³/mol. The van der Waals surface area contributed by atoms with Gasteiger partial charge in [0, 0.05) is 31.7 Å². The minimum atomic E-state index is 0. The molecule has 1 saturated carbocycles. The molecule has 3 rings (SSSR count). The molecular formula is C17H33Cl2N3O. The highest BCUT2D eigenvalue weighted by Crippen LogP contribution is 2.34. The summed E-state index contributed by atoms with van der Waals surface area (Å²) in [5, 5.41) is 3.63. The molecule has 0 aromatic rings. The van der Waals surface area contributed by atoms with Gasteiger partial charge in [-0.1, -0.05) is 12.8 Å². The summed E-state index contributed by atoms with van der Waals surface area (Å²) < 4.78 is 0. The van der Waals surface area contributed by atoms with Crippen molar-refractivity contribution < 1.29 is 4.79 Å². The summed E-state index contributed by atoms with van der Waals surface area (Å²) in [6, 6.07) is 1.70. The Bertz CT molecular complexity index is 382. The average Bonchev–Trinajstić information content (AvgIpc) is 2.92. The largest absolute Gasteiger partial charge is 0.341 e. The number of piperidine rings is 1.